The van der Waals surface area contributed by atoms with Gasteiger partial charge in [-0.15, -0.1) is 24.0 Å². The summed E-state index contributed by atoms with van der Waals surface area (Å²) in [5.41, 5.74) is 2.21. The Balaban J connectivity index is 0.00000264. The molecule has 8 heteroatoms. The molecule has 2 heterocycles. The summed E-state index contributed by atoms with van der Waals surface area (Å²) in [7, 11) is 1.92. The van der Waals surface area contributed by atoms with Gasteiger partial charge in [0.25, 0.3) is 0 Å². The van der Waals surface area contributed by atoms with Crippen LogP contribution < -0.4 is 10.6 Å². The fraction of sp³-hybridized carbons (Fsp3) is 0.400. The van der Waals surface area contributed by atoms with E-state index in [1.807, 2.05) is 30.8 Å². The van der Waals surface area contributed by atoms with Crippen LogP contribution in [-0.4, -0.2) is 33.8 Å². The third-order valence-corrected chi connectivity index (χ3v) is 3.38. The number of aryl methyl sites for hydroxylation is 1. The van der Waals surface area contributed by atoms with Crippen LogP contribution in [-0.2, 0) is 20.0 Å². The number of guanidine groups is 1. The SMILES string of the molecule is CCNC(=NCc1ccnn1C)NCCc1ccc(Cl)nc1.I. The number of nitrogens with zero attached hydrogens (tertiary/aromatic N) is 4. The molecule has 0 saturated carbocycles. The highest BCUT2D eigenvalue weighted by atomic mass is 127. The van der Waals surface area contributed by atoms with Gasteiger partial charge in [-0.05, 0) is 31.0 Å². The molecule has 0 saturated heterocycles. The van der Waals surface area contributed by atoms with E-state index in [-0.39, 0.29) is 24.0 Å². The van der Waals surface area contributed by atoms with Crippen LogP contribution in [0, 0.1) is 0 Å². The van der Waals surface area contributed by atoms with E-state index in [2.05, 4.69) is 25.7 Å². The van der Waals surface area contributed by atoms with E-state index >= 15 is 0 Å². The molecule has 0 unspecified atom stereocenters. The van der Waals surface area contributed by atoms with Crippen LogP contribution in [0.15, 0.2) is 35.6 Å². The van der Waals surface area contributed by atoms with Crippen LogP contribution in [0.25, 0.3) is 0 Å². The predicted molar refractivity (Wildman–Crippen MR) is 104 cm³/mol. The summed E-state index contributed by atoms with van der Waals surface area (Å²) in [6.07, 6.45) is 4.43. The second-order valence-electron chi connectivity index (χ2n) is 4.81. The first-order chi connectivity index (χ1) is 10.7. The van der Waals surface area contributed by atoms with E-state index in [0.29, 0.717) is 11.7 Å². The van der Waals surface area contributed by atoms with Gasteiger partial charge >= 0.3 is 0 Å². The Labute approximate surface area is 158 Å². The summed E-state index contributed by atoms with van der Waals surface area (Å²) in [5.74, 6) is 0.797. The van der Waals surface area contributed by atoms with E-state index in [1.54, 1.807) is 18.5 Å². The number of aromatic nitrogens is 3. The molecular weight excluding hydrogens is 427 g/mol. The summed E-state index contributed by atoms with van der Waals surface area (Å²) < 4.78 is 1.83. The molecule has 0 bridgehead atoms. The molecule has 0 amide bonds. The van der Waals surface area contributed by atoms with Crippen LogP contribution in [0.1, 0.15) is 18.2 Å². The van der Waals surface area contributed by atoms with Gasteiger partial charge in [0.15, 0.2) is 5.96 Å². The normalized spacial score (nSPS) is 11.0. The van der Waals surface area contributed by atoms with E-state index in [0.717, 1.165) is 36.7 Å². The van der Waals surface area contributed by atoms with E-state index in [9.17, 15) is 0 Å². The fourth-order valence-corrected chi connectivity index (χ4v) is 2.05. The first kappa shape index (κ1) is 19.7. The van der Waals surface area contributed by atoms with Gasteiger partial charge in [0.1, 0.15) is 5.15 Å². The van der Waals surface area contributed by atoms with E-state index in [1.165, 1.54) is 0 Å². The van der Waals surface area contributed by atoms with Gasteiger partial charge in [-0.3, -0.25) is 4.68 Å². The van der Waals surface area contributed by atoms with E-state index < -0.39 is 0 Å². The Kier molecular flexibility index (Phi) is 8.93. The van der Waals surface area contributed by atoms with Crippen LogP contribution in [0.3, 0.4) is 0 Å². The number of halogens is 2. The number of hydrogen-bond acceptors (Lipinski definition) is 3. The Bertz CT molecular complexity index is 611. The molecule has 0 fully saturated rings. The molecule has 0 aliphatic carbocycles. The lowest BCUT2D eigenvalue weighted by Gasteiger charge is -2.11. The molecule has 2 aromatic heterocycles. The number of aliphatic imine (C=N–C) groups is 1. The number of hydrogen-bond donors (Lipinski definition) is 2. The third-order valence-electron chi connectivity index (χ3n) is 3.16. The summed E-state index contributed by atoms with van der Waals surface area (Å²) in [5, 5.41) is 11.2. The minimum Gasteiger partial charge on any atom is -0.357 e. The molecule has 0 spiro atoms. The molecule has 0 aliphatic rings. The van der Waals surface area contributed by atoms with Gasteiger partial charge in [0.2, 0.25) is 0 Å². The average molecular weight is 449 g/mol. The highest BCUT2D eigenvalue weighted by molar-refractivity contribution is 14.0. The lowest BCUT2D eigenvalue weighted by molar-refractivity contribution is 0.707. The molecule has 6 nitrogen and oxygen atoms in total. The van der Waals surface area contributed by atoms with Gasteiger partial charge in [0.05, 0.1) is 12.2 Å². The van der Waals surface area contributed by atoms with Crippen molar-refractivity contribution < 1.29 is 0 Å². The van der Waals surface area contributed by atoms with Crippen molar-refractivity contribution in [2.45, 2.75) is 19.9 Å². The van der Waals surface area contributed by atoms with Crippen molar-refractivity contribution in [3.8, 4) is 0 Å². The van der Waals surface area contributed by atoms with Crippen molar-refractivity contribution in [3.05, 3.63) is 47.0 Å². The lowest BCUT2D eigenvalue weighted by atomic mass is 10.2. The van der Waals surface area contributed by atoms with Crippen molar-refractivity contribution in [1.82, 2.24) is 25.4 Å². The molecule has 0 aromatic carbocycles. The standard InChI is InChI=1S/C15H21ClN6.HI/c1-3-17-15(20-11-13-7-9-21-22(13)2)18-8-6-12-4-5-14(16)19-10-12;/h4-5,7,9-10H,3,6,8,11H2,1-2H3,(H2,17,18,20);1H. The first-order valence-corrected chi connectivity index (χ1v) is 7.66. The van der Waals surface area contributed by atoms with Crippen molar-refractivity contribution in [3.63, 3.8) is 0 Å². The van der Waals surface area contributed by atoms with Crippen LogP contribution in [0.2, 0.25) is 5.15 Å². The van der Waals surface area contributed by atoms with E-state index in [4.69, 9.17) is 11.6 Å². The zero-order valence-electron chi connectivity index (χ0n) is 13.3. The van der Waals surface area contributed by atoms with Crippen LogP contribution in [0.4, 0.5) is 0 Å². The van der Waals surface area contributed by atoms with Crippen molar-refractivity contribution in [1.29, 1.82) is 0 Å². The molecule has 2 N–H and O–H groups in total. The molecule has 0 aliphatic heterocycles. The molecular formula is C15H22ClIN6. The van der Waals surface area contributed by atoms with Crippen LogP contribution in [0.5, 0.6) is 0 Å². The Hall–Kier alpha value is -1.35. The minimum atomic E-state index is 0. The smallest absolute Gasteiger partial charge is 0.191 e. The monoisotopic (exact) mass is 448 g/mol. The maximum atomic E-state index is 5.78. The molecule has 0 radical (unpaired) electrons. The zero-order chi connectivity index (χ0) is 15.8. The fourth-order valence-electron chi connectivity index (χ4n) is 1.94. The third kappa shape index (κ3) is 6.74. The first-order valence-electron chi connectivity index (χ1n) is 7.28. The number of rotatable bonds is 6. The van der Waals surface area contributed by atoms with Gasteiger partial charge in [0, 0.05) is 32.5 Å². The summed E-state index contributed by atoms with van der Waals surface area (Å²) >= 11 is 5.78. The van der Waals surface area contributed by atoms with Crippen molar-refractivity contribution >= 4 is 41.5 Å². The molecule has 2 rings (SSSR count). The molecule has 2 aromatic rings. The Morgan fingerprint density at radius 3 is 2.74 bits per heavy atom. The minimum absolute atomic E-state index is 0. The van der Waals surface area contributed by atoms with Crippen molar-refractivity contribution in [2.75, 3.05) is 13.1 Å². The highest BCUT2D eigenvalue weighted by Crippen LogP contribution is 2.05. The topological polar surface area (TPSA) is 67.1 Å². The maximum Gasteiger partial charge on any atom is 0.191 e. The van der Waals surface area contributed by atoms with Crippen molar-refractivity contribution in [2.24, 2.45) is 12.0 Å². The second kappa shape index (κ2) is 10.4. The summed E-state index contributed by atoms with van der Waals surface area (Å²) in [4.78, 5) is 8.63. The summed E-state index contributed by atoms with van der Waals surface area (Å²) in [6, 6.07) is 5.75. The van der Waals surface area contributed by atoms with Gasteiger partial charge in [-0.1, -0.05) is 17.7 Å². The molecule has 23 heavy (non-hydrogen) atoms. The van der Waals surface area contributed by atoms with Gasteiger partial charge < -0.3 is 10.6 Å². The highest BCUT2D eigenvalue weighted by Gasteiger charge is 2.01. The number of pyridine rings is 1. The zero-order valence-corrected chi connectivity index (χ0v) is 16.4. The van der Waals surface area contributed by atoms with Gasteiger partial charge in [-0.25, -0.2) is 9.98 Å². The Morgan fingerprint density at radius 1 is 1.30 bits per heavy atom. The maximum absolute atomic E-state index is 5.78. The largest absolute Gasteiger partial charge is 0.357 e. The molecule has 0 atom stereocenters. The number of nitrogens with one attached hydrogen (secondary N) is 2. The second-order valence-corrected chi connectivity index (χ2v) is 5.19. The summed E-state index contributed by atoms with van der Waals surface area (Å²) in [6.45, 7) is 4.24. The van der Waals surface area contributed by atoms with Crippen LogP contribution >= 0.6 is 35.6 Å². The quantitative estimate of drug-likeness (QED) is 0.308. The van der Waals surface area contributed by atoms with Gasteiger partial charge in [-0.2, -0.15) is 5.10 Å². The lowest BCUT2D eigenvalue weighted by Crippen LogP contribution is -2.38. The Morgan fingerprint density at radius 2 is 2.13 bits per heavy atom. The molecule has 126 valence electrons. The predicted octanol–water partition coefficient (Wildman–Crippen LogP) is 2.38. The average Bonchev–Trinajstić information content (AvgIpc) is 2.92.